The van der Waals surface area contributed by atoms with E-state index in [1.165, 1.54) is 11.3 Å². The van der Waals surface area contributed by atoms with Crippen molar-refractivity contribution in [2.24, 2.45) is 0 Å². The molecule has 0 atom stereocenters. The summed E-state index contributed by atoms with van der Waals surface area (Å²) in [7, 11) is 0. The molecule has 37 heavy (non-hydrogen) atoms. The van der Waals surface area contributed by atoms with Gasteiger partial charge in [-0.25, -0.2) is 9.64 Å². The molecule has 1 aromatic heterocycles. The number of hydrogen-bond acceptors (Lipinski definition) is 4. The van der Waals surface area contributed by atoms with Crippen LogP contribution in [0.1, 0.15) is 60.8 Å². The lowest BCUT2D eigenvalue weighted by atomic mass is 9.78. The summed E-state index contributed by atoms with van der Waals surface area (Å²) in [5.41, 5.74) is 5.21. The first-order valence-corrected chi connectivity index (χ1v) is 13.3. The molecule has 2 aliphatic heterocycles. The summed E-state index contributed by atoms with van der Waals surface area (Å²) in [4.78, 5) is 24.4. The van der Waals surface area contributed by atoms with E-state index in [2.05, 4.69) is 58.6 Å². The normalized spacial score (nSPS) is 17.7. The highest BCUT2D eigenvalue weighted by atomic mass is 16.5. The molecule has 2 aromatic carbocycles. The van der Waals surface area contributed by atoms with Crippen LogP contribution in [0.3, 0.4) is 0 Å². The van der Waals surface area contributed by atoms with Gasteiger partial charge in [0, 0.05) is 59.9 Å². The zero-order valence-electron chi connectivity index (χ0n) is 22.0. The standard InChI is InChI=1S/C30H36N4O3/c1-5-20-6-7-21(18-26(20)34-12-10-23(11-13-34)33-14-16-37-17-15-33)30(2,3)28-27(29(35)36)24-9-8-22(31-4)19-25(24)32-28/h6-9,18-19,23,32H,5,10-17H2,1-3H3,(H,35,36). The van der Waals surface area contributed by atoms with Crippen LogP contribution in [0.15, 0.2) is 36.4 Å². The lowest BCUT2D eigenvalue weighted by Crippen LogP contribution is -2.49. The molecule has 0 saturated carbocycles. The number of aromatic amines is 1. The maximum absolute atomic E-state index is 12.4. The van der Waals surface area contributed by atoms with Crippen LogP contribution in [0.5, 0.6) is 0 Å². The van der Waals surface area contributed by atoms with Crippen LogP contribution >= 0.6 is 0 Å². The van der Waals surface area contributed by atoms with E-state index in [4.69, 9.17) is 11.3 Å². The molecule has 7 nitrogen and oxygen atoms in total. The molecule has 2 N–H and O–H groups in total. The second kappa shape index (κ2) is 10.2. The predicted octanol–water partition coefficient (Wildman–Crippen LogP) is 5.61. The summed E-state index contributed by atoms with van der Waals surface area (Å²) in [6.45, 7) is 19.5. The maximum Gasteiger partial charge on any atom is 0.338 e. The van der Waals surface area contributed by atoms with Gasteiger partial charge >= 0.3 is 5.97 Å². The molecule has 0 spiro atoms. The number of fused-ring (bicyclic) bond motifs is 1. The topological polar surface area (TPSA) is 73.2 Å². The summed E-state index contributed by atoms with van der Waals surface area (Å²) in [5.74, 6) is -0.958. The molecule has 194 valence electrons. The average Bonchev–Trinajstić information content (AvgIpc) is 3.33. The lowest BCUT2D eigenvalue weighted by molar-refractivity contribution is 0.0115. The Morgan fingerprint density at radius 2 is 1.86 bits per heavy atom. The summed E-state index contributed by atoms with van der Waals surface area (Å²) in [6, 6.07) is 12.4. The number of benzene rings is 2. The Bertz CT molecular complexity index is 1340. The first-order valence-electron chi connectivity index (χ1n) is 13.3. The number of aromatic nitrogens is 1. The van der Waals surface area contributed by atoms with Crippen molar-refractivity contribution < 1.29 is 14.6 Å². The Morgan fingerprint density at radius 3 is 2.51 bits per heavy atom. The third-order valence-electron chi connectivity index (χ3n) is 8.31. The molecule has 7 heteroatoms. The number of ether oxygens (including phenoxy) is 1. The fourth-order valence-electron chi connectivity index (χ4n) is 6.05. The number of nitrogens with one attached hydrogen (secondary N) is 1. The van der Waals surface area contributed by atoms with E-state index < -0.39 is 11.4 Å². The van der Waals surface area contributed by atoms with Crippen LogP contribution in [-0.2, 0) is 16.6 Å². The third kappa shape index (κ3) is 4.72. The van der Waals surface area contributed by atoms with Gasteiger partial charge in [-0.2, -0.15) is 0 Å². The molecule has 3 heterocycles. The van der Waals surface area contributed by atoms with Crippen molar-refractivity contribution in [3.63, 3.8) is 0 Å². The molecular formula is C30H36N4O3. The van der Waals surface area contributed by atoms with Crippen LogP contribution in [0.25, 0.3) is 15.7 Å². The van der Waals surface area contributed by atoms with Crippen LogP contribution < -0.4 is 4.90 Å². The van der Waals surface area contributed by atoms with Crippen molar-refractivity contribution in [1.29, 1.82) is 0 Å². The number of morpholine rings is 1. The number of hydrogen-bond donors (Lipinski definition) is 2. The van der Waals surface area contributed by atoms with E-state index in [-0.39, 0.29) is 5.56 Å². The molecule has 3 aromatic rings. The highest BCUT2D eigenvalue weighted by Crippen LogP contribution is 2.40. The van der Waals surface area contributed by atoms with Gasteiger partial charge in [-0.05, 0) is 42.5 Å². The lowest BCUT2D eigenvalue weighted by Gasteiger charge is -2.41. The van der Waals surface area contributed by atoms with Crippen molar-refractivity contribution in [2.75, 3.05) is 44.3 Å². The molecule has 2 aliphatic rings. The fourth-order valence-corrected chi connectivity index (χ4v) is 6.05. The molecule has 2 fully saturated rings. The molecule has 2 saturated heterocycles. The van der Waals surface area contributed by atoms with Gasteiger partial charge in [-0.15, -0.1) is 0 Å². The molecule has 5 rings (SSSR count). The minimum absolute atomic E-state index is 0.281. The number of nitrogens with zero attached hydrogens (tertiary/aromatic N) is 3. The number of aromatic carboxylic acids is 1. The SMILES string of the molecule is [C-]#[N+]c1ccc2c(C(=O)O)c(C(C)(C)c3ccc(CC)c(N4CCC(N5CCOCC5)CC4)c3)[nH]c2c1. The smallest absolute Gasteiger partial charge is 0.338 e. The molecule has 0 radical (unpaired) electrons. The van der Waals surface area contributed by atoms with Gasteiger partial charge in [-0.1, -0.05) is 45.0 Å². The second-order valence-electron chi connectivity index (χ2n) is 10.7. The van der Waals surface area contributed by atoms with E-state index >= 15 is 0 Å². The number of piperidine rings is 1. The second-order valence-corrected chi connectivity index (χ2v) is 10.7. The molecule has 0 amide bonds. The summed E-state index contributed by atoms with van der Waals surface area (Å²) in [6.07, 6.45) is 3.24. The first-order chi connectivity index (χ1) is 17.8. The molecular weight excluding hydrogens is 464 g/mol. The quantitative estimate of drug-likeness (QED) is 0.431. The Balaban J connectivity index is 1.48. The van der Waals surface area contributed by atoms with Crippen molar-refractivity contribution in [3.05, 3.63) is 70.2 Å². The van der Waals surface area contributed by atoms with Gasteiger partial charge in [0.1, 0.15) is 0 Å². The monoisotopic (exact) mass is 500 g/mol. The number of carboxylic acids is 1. The van der Waals surface area contributed by atoms with Crippen molar-refractivity contribution in [1.82, 2.24) is 9.88 Å². The molecule has 0 bridgehead atoms. The van der Waals surface area contributed by atoms with Gasteiger partial charge in [-0.3, -0.25) is 4.90 Å². The minimum Gasteiger partial charge on any atom is -0.478 e. The van der Waals surface area contributed by atoms with Crippen LogP contribution in [0.4, 0.5) is 11.4 Å². The third-order valence-corrected chi connectivity index (χ3v) is 8.31. The number of carboxylic acid groups (broad SMARTS) is 1. The zero-order chi connectivity index (χ0) is 26.2. The van der Waals surface area contributed by atoms with Gasteiger partial charge in [0.05, 0.1) is 25.3 Å². The van der Waals surface area contributed by atoms with Gasteiger partial charge in [0.2, 0.25) is 0 Å². The summed E-state index contributed by atoms with van der Waals surface area (Å²) < 4.78 is 5.54. The van der Waals surface area contributed by atoms with Crippen LogP contribution in [-0.4, -0.2) is 66.4 Å². The Morgan fingerprint density at radius 1 is 1.14 bits per heavy atom. The number of carbonyl (C=O) groups is 1. The highest BCUT2D eigenvalue weighted by molar-refractivity contribution is 6.06. The van der Waals surface area contributed by atoms with E-state index in [1.54, 1.807) is 18.2 Å². The number of H-pyrrole nitrogens is 1. The minimum atomic E-state index is -0.958. The largest absolute Gasteiger partial charge is 0.478 e. The Hall–Kier alpha value is -3.34. The number of aryl methyl sites for hydroxylation is 1. The van der Waals surface area contributed by atoms with E-state index in [0.717, 1.165) is 64.2 Å². The van der Waals surface area contributed by atoms with Gasteiger partial charge in [0.25, 0.3) is 0 Å². The highest BCUT2D eigenvalue weighted by Gasteiger charge is 2.33. The Kier molecular flexibility index (Phi) is 6.98. The summed E-state index contributed by atoms with van der Waals surface area (Å²) >= 11 is 0. The number of rotatable bonds is 6. The maximum atomic E-state index is 12.4. The van der Waals surface area contributed by atoms with E-state index in [9.17, 15) is 9.90 Å². The molecule has 0 aliphatic carbocycles. The zero-order valence-corrected chi connectivity index (χ0v) is 22.0. The van der Waals surface area contributed by atoms with Crippen molar-refractivity contribution in [3.8, 4) is 0 Å². The van der Waals surface area contributed by atoms with Gasteiger partial charge in [0.15, 0.2) is 5.69 Å². The van der Waals surface area contributed by atoms with Crippen LogP contribution in [0, 0.1) is 6.57 Å². The molecule has 0 unspecified atom stereocenters. The van der Waals surface area contributed by atoms with Gasteiger partial charge < -0.3 is 19.7 Å². The van der Waals surface area contributed by atoms with Crippen molar-refractivity contribution in [2.45, 2.75) is 51.5 Å². The van der Waals surface area contributed by atoms with E-state index in [1.807, 2.05) is 0 Å². The Labute approximate surface area is 218 Å². The van der Waals surface area contributed by atoms with E-state index in [0.29, 0.717) is 28.3 Å². The number of anilines is 1. The van der Waals surface area contributed by atoms with Crippen LogP contribution in [0.2, 0.25) is 0 Å². The average molecular weight is 501 g/mol. The summed E-state index contributed by atoms with van der Waals surface area (Å²) in [5, 5.41) is 10.8. The predicted molar refractivity (Wildman–Crippen MR) is 147 cm³/mol. The fraction of sp³-hybridized carbons (Fsp3) is 0.467. The first kappa shape index (κ1) is 25.3. The van der Waals surface area contributed by atoms with Crippen molar-refractivity contribution >= 4 is 28.2 Å².